The van der Waals surface area contributed by atoms with Gasteiger partial charge in [0.2, 0.25) is 0 Å². The Labute approximate surface area is 110 Å². The first-order chi connectivity index (χ1) is 7.85. The van der Waals surface area contributed by atoms with Gasteiger partial charge in [-0.2, -0.15) is 0 Å². The van der Waals surface area contributed by atoms with E-state index in [0.29, 0.717) is 12.3 Å². The number of hydrogen-bond acceptors (Lipinski definition) is 1. The van der Waals surface area contributed by atoms with Gasteiger partial charge in [-0.05, 0) is 43.3 Å². The van der Waals surface area contributed by atoms with Crippen LogP contribution in [0.1, 0.15) is 60.8 Å². The van der Waals surface area contributed by atoms with Crippen molar-refractivity contribution in [1.82, 2.24) is 0 Å². The first-order valence-electron chi connectivity index (χ1n) is 7.46. The molecule has 0 aliphatic carbocycles. The molecule has 0 aliphatic heterocycles. The van der Waals surface area contributed by atoms with E-state index in [4.69, 9.17) is 4.65 Å². The van der Waals surface area contributed by atoms with Crippen LogP contribution in [0.4, 0.5) is 0 Å². The van der Waals surface area contributed by atoms with E-state index in [0.717, 1.165) is 18.4 Å². The Morgan fingerprint density at radius 2 is 1.47 bits per heavy atom. The normalized spacial score (nSPS) is 12.5. The summed E-state index contributed by atoms with van der Waals surface area (Å²) in [6.07, 6.45) is 5.16. The van der Waals surface area contributed by atoms with Crippen molar-refractivity contribution in [3.63, 3.8) is 0 Å². The highest BCUT2D eigenvalue weighted by Gasteiger charge is 2.33. The summed E-state index contributed by atoms with van der Waals surface area (Å²) in [5.74, 6) is 1.56. The first-order valence-corrected chi connectivity index (χ1v) is 7.46. The van der Waals surface area contributed by atoms with Gasteiger partial charge in [0.05, 0.1) is 0 Å². The van der Waals surface area contributed by atoms with E-state index in [1.165, 1.54) is 25.6 Å². The van der Waals surface area contributed by atoms with Gasteiger partial charge in [-0.1, -0.05) is 47.9 Å². The Balaban J connectivity index is 4.65. The van der Waals surface area contributed by atoms with Gasteiger partial charge in [-0.15, -0.1) is 0 Å². The molecule has 2 heteroatoms. The maximum Gasteiger partial charge on any atom is 0.290 e. The average Bonchev–Trinajstić information content (AvgIpc) is 2.15. The largest absolute Gasteiger partial charge is 0.436 e. The zero-order valence-electron chi connectivity index (χ0n) is 13.2. The lowest BCUT2D eigenvalue weighted by Gasteiger charge is -2.37. The number of rotatable bonds is 9. The summed E-state index contributed by atoms with van der Waals surface area (Å²) in [5.41, 5.74) is 0.483. The van der Waals surface area contributed by atoms with E-state index in [9.17, 15) is 0 Å². The molecule has 0 saturated carbocycles. The van der Waals surface area contributed by atoms with Gasteiger partial charge in [-0.3, -0.25) is 0 Å². The molecule has 0 aromatic rings. The second kappa shape index (κ2) is 8.18. The van der Waals surface area contributed by atoms with Crippen molar-refractivity contribution >= 4 is 6.92 Å². The van der Waals surface area contributed by atoms with Crippen LogP contribution < -0.4 is 0 Å². The van der Waals surface area contributed by atoms with Crippen LogP contribution >= 0.6 is 0 Å². The Bertz CT molecular complexity index is 179. The standard InChI is InChI=1S/C15H33BO/c1-8-15(10-13(3)4,11-14(5)6)12-16(7)17-9-2/h13-14H,8-12H2,1-7H3. The lowest BCUT2D eigenvalue weighted by molar-refractivity contribution is 0.187. The minimum Gasteiger partial charge on any atom is -0.436 e. The van der Waals surface area contributed by atoms with E-state index in [1.54, 1.807) is 0 Å². The average molecular weight is 240 g/mol. The monoisotopic (exact) mass is 240 g/mol. The van der Waals surface area contributed by atoms with Gasteiger partial charge in [0.25, 0.3) is 6.92 Å². The van der Waals surface area contributed by atoms with Gasteiger partial charge in [0.15, 0.2) is 0 Å². The van der Waals surface area contributed by atoms with Crippen molar-refractivity contribution in [2.24, 2.45) is 17.3 Å². The third-order valence-corrected chi connectivity index (χ3v) is 3.60. The highest BCUT2D eigenvalue weighted by Crippen LogP contribution is 2.41. The molecule has 0 fully saturated rings. The lowest BCUT2D eigenvalue weighted by Crippen LogP contribution is -2.31. The van der Waals surface area contributed by atoms with Crippen LogP contribution in [0.5, 0.6) is 0 Å². The lowest BCUT2D eigenvalue weighted by atomic mass is 9.53. The van der Waals surface area contributed by atoms with Gasteiger partial charge in [0.1, 0.15) is 0 Å². The Kier molecular flexibility index (Phi) is 8.20. The summed E-state index contributed by atoms with van der Waals surface area (Å²) < 4.78 is 5.76. The third kappa shape index (κ3) is 7.13. The molecule has 0 bridgehead atoms. The highest BCUT2D eigenvalue weighted by molar-refractivity contribution is 6.50. The molecular formula is C15H33BO. The van der Waals surface area contributed by atoms with Crippen molar-refractivity contribution < 1.29 is 4.65 Å². The van der Waals surface area contributed by atoms with E-state index in [-0.39, 0.29) is 0 Å². The minimum atomic E-state index is 0.400. The molecule has 102 valence electrons. The predicted octanol–water partition coefficient (Wildman–Crippen LogP) is 5.13. The molecule has 0 heterocycles. The fraction of sp³-hybridized carbons (Fsp3) is 1.00. The molecule has 0 aromatic carbocycles. The second-order valence-electron chi connectivity index (χ2n) is 6.52. The molecule has 0 unspecified atom stereocenters. The summed E-state index contributed by atoms with van der Waals surface area (Å²) in [6, 6.07) is 0. The van der Waals surface area contributed by atoms with Crippen LogP contribution in [0.3, 0.4) is 0 Å². The summed E-state index contributed by atoms with van der Waals surface area (Å²) in [4.78, 5) is 0. The zero-order chi connectivity index (χ0) is 13.5. The Morgan fingerprint density at radius 1 is 1.00 bits per heavy atom. The van der Waals surface area contributed by atoms with E-state index >= 15 is 0 Å². The summed E-state index contributed by atoms with van der Waals surface area (Å²) in [6.45, 7) is 17.3. The van der Waals surface area contributed by atoms with E-state index < -0.39 is 0 Å². The fourth-order valence-corrected chi connectivity index (χ4v) is 3.37. The maximum absolute atomic E-state index is 5.76. The summed E-state index contributed by atoms with van der Waals surface area (Å²) in [5, 5.41) is 0. The highest BCUT2D eigenvalue weighted by atomic mass is 16.4. The van der Waals surface area contributed by atoms with Crippen molar-refractivity contribution in [2.45, 2.75) is 73.9 Å². The van der Waals surface area contributed by atoms with Crippen molar-refractivity contribution in [1.29, 1.82) is 0 Å². The molecule has 17 heavy (non-hydrogen) atoms. The fourth-order valence-electron chi connectivity index (χ4n) is 3.37. The van der Waals surface area contributed by atoms with E-state index in [2.05, 4.69) is 48.4 Å². The van der Waals surface area contributed by atoms with Crippen molar-refractivity contribution in [3.05, 3.63) is 0 Å². The van der Waals surface area contributed by atoms with E-state index in [1.807, 2.05) is 0 Å². The second-order valence-corrected chi connectivity index (χ2v) is 6.52. The van der Waals surface area contributed by atoms with Crippen LogP contribution in [0.2, 0.25) is 13.1 Å². The van der Waals surface area contributed by atoms with Crippen LogP contribution in [0.25, 0.3) is 0 Å². The van der Waals surface area contributed by atoms with Gasteiger partial charge in [-0.25, -0.2) is 0 Å². The molecule has 0 aliphatic rings. The smallest absolute Gasteiger partial charge is 0.290 e. The predicted molar refractivity (Wildman–Crippen MR) is 79.7 cm³/mol. The van der Waals surface area contributed by atoms with Gasteiger partial charge < -0.3 is 4.65 Å². The molecule has 0 saturated heterocycles. The summed E-state index contributed by atoms with van der Waals surface area (Å²) in [7, 11) is 0. The minimum absolute atomic E-state index is 0.400. The van der Waals surface area contributed by atoms with Crippen LogP contribution in [-0.4, -0.2) is 13.5 Å². The van der Waals surface area contributed by atoms with Gasteiger partial charge in [0, 0.05) is 6.61 Å². The maximum atomic E-state index is 5.76. The molecule has 0 rings (SSSR count). The topological polar surface area (TPSA) is 9.23 Å². The Hall–Kier alpha value is 0.0249. The van der Waals surface area contributed by atoms with Crippen molar-refractivity contribution in [3.8, 4) is 0 Å². The first kappa shape index (κ1) is 17.0. The zero-order valence-corrected chi connectivity index (χ0v) is 13.2. The third-order valence-electron chi connectivity index (χ3n) is 3.60. The molecule has 0 spiro atoms. The molecule has 0 N–H and O–H groups in total. The van der Waals surface area contributed by atoms with Crippen LogP contribution in [0, 0.1) is 17.3 Å². The Morgan fingerprint density at radius 3 is 1.76 bits per heavy atom. The molecule has 0 radical (unpaired) electrons. The van der Waals surface area contributed by atoms with Crippen molar-refractivity contribution in [2.75, 3.05) is 6.61 Å². The number of hydrogen-bond donors (Lipinski definition) is 0. The van der Waals surface area contributed by atoms with Crippen LogP contribution in [-0.2, 0) is 4.65 Å². The molecule has 1 nitrogen and oxygen atoms in total. The summed E-state index contributed by atoms with van der Waals surface area (Å²) >= 11 is 0. The van der Waals surface area contributed by atoms with Crippen LogP contribution in [0.15, 0.2) is 0 Å². The molecule has 0 aromatic heterocycles. The molecular weight excluding hydrogens is 207 g/mol. The quantitative estimate of drug-likeness (QED) is 0.507. The molecule has 0 atom stereocenters. The van der Waals surface area contributed by atoms with Gasteiger partial charge >= 0.3 is 0 Å². The SMILES string of the molecule is CCOB(C)CC(CC)(CC(C)C)CC(C)C. The molecule has 0 amide bonds.